The van der Waals surface area contributed by atoms with E-state index in [4.69, 9.17) is 9.47 Å². The summed E-state index contributed by atoms with van der Waals surface area (Å²) in [6.45, 7) is 8.99. The van der Waals surface area contributed by atoms with Gasteiger partial charge in [0, 0.05) is 10.3 Å². The summed E-state index contributed by atoms with van der Waals surface area (Å²) >= 11 is 2.56. The normalized spacial score (nSPS) is 11.1. The SMILES string of the molecule is CCc1cc(OC)cc(CC)c1C(CI)c1c(CC)cc(OC)cc1CC. The van der Waals surface area contributed by atoms with Crippen LogP contribution in [-0.4, -0.2) is 18.6 Å². The van der Waals surface area contributed by atoms with Gasteiger partial charge in [0.2, 0.25) is 0 Å². The number of hydrogen-bond acceptors (Lipinski definition) is 2. The zero-order valence-corrected chi connectivity index (χ0v) is 19.8. The number of hydrogen-bond donors (Lipinski definition) is 0. The van der Waals surface area contributed by atoms with Gasteiger partial charge >= 0.3 is 0 Å². The van der Waals surface area contributed by atoms with E-state index in [9.17, 15) is 0 Å². The second-order valence-corrected chi connectivity index (χ2v) is 7.72. The fourth-order valence-electron chi connectivity index (χ4n) is 4.09. The molecule has 0 unspecified atom stereocenters. The zero-order chi connectivity index (χ0) is 20.0. The Bertz CT molecular complexity index is 653. The average Bonchev–Trinajstić information content (AvgIpc) is 2.73. The standard InChI is InChI=1S/C24H33IO2/c1-7-16-11-20(26-5)12-17(8-2)23(16)22(15-25)24-18(9-3)13-21(27-6)14-19(24)10-4/h11-14,22H,7-10,15H2,1-6H3. The maximum atomic E-state index is 5.57. The number of alkyl halides is 1. The molecule has 0 atom stereocenters. The molecule has 0 amide bonds. The quantitative estimate of drug-likeness (QED) is 0.301. The maximum absolute atomic E-state index is 5.57. The molecule has 0 radical (unpaired) electrons. The third-order valence-electron chi connectivity index (χ3n) is 5.50. The molecule has 0 aliphatic carbocycles. The summed E-state index contributed by atoms with van der Waals surface area (Å²) in [5, 5.41) is 0. The van der Waals surface area contributed by atoms with Crippen molar-refractivity contribution in [2.24, 2.45) is 0 Å². The molecule has 0 aliphatic heterocycles. The second kappa shape index (κ2) is 10.4. The summed E-state index contributed by atoms with van der Waals surface area (Å²) in [4.78, 5) is 0. The van der Waals surface area contributed by atoms with Crippen LogP contribution in [0.5, 0.6) is 11.5 Å². The van der Waals surface area contributed by atoms with Gasteiger partial charge in [-0.15, -0.1) is 0 Å². The molecule has 3 heteroatoms. The maximum Gasteiger partial charge on any atom is 0.119 e. The van der Waals surface area contributed by atoms with Crippen LogP contribution >= 0.6 is 22.6 Å². The Hall–Kier alpha value is -1.23. The summed E-state index contributed by atoms with van der Waals surface area (Å²) in [7, 11) is 3.52. The molecule has 148 valence electrons. The first kappa shape index (κ1) is 22.1. The van der Waals surface area contributed by atoms with Crippen molar-refractivity contribution in [3.8, 4) is 11.5 Å². The van der Waals surface area contributed by atoms with Crippen LogP contribution in [0.25, 0.3) is 0 Å². The van der Waals surface area contributed by atoms with Crippen molar-refractivity contribution in [1.29, 1.82) is 0 Å². The Morgan fingerprint density at radius 3 is 1.15 bits per heavy atom. The number of rotatable bonds is 9. The van der Waals surface area contributed by atoms with Crippen molar-refractivity contribution >= 4 is 22.6 Å². The third-order valence-corrected chi connectivity index (χ3v) is 6.38. The van der Waals surface area contributed by atoms with E-state index in [2.05, 4.69) is 74.6 Å². The van der Waals surface area contributed by atoms with Crippen molar-refractivity contribution in [2.45, 2.75) is 59.3 Å². The number of ether oxygens (including phenoxy) is 2. The fourth-order valence-corrected chi connectivity index (χ4v) is 4.97. The van der Waals surface area contributed by atoms with E-state index in [0.29, 0.717) is 5.92 Å². The summed E-state index contributed by atoms with van der Waals surface area (Å²) < 4.78 is 12.2. The van der Waals surface area contributed by atoms with E-state index in [1.807, 2.05) is 0 Å². The van der Waals surface area contributed by atoms with E-state index in [1.165, 1.54) is 33.4 Å². The molecule has 2 aromatic rings. The lowest BCUT2D eigenvalue weighted by atomic mass is 9.79. The zero-order valence-electron chi connectivity index (χ0n) is 17.6. The first-order valence-corrected chi connectivity index (χ1v) is 11.6. The van der Waals surface area contributed by atoms with E-state index >= 15 is 0 Å². The average molecular weight is 480 g/mol. The first-order chi connectivity index (χ1) is 13.1. The summed E-state index contributed by atoms with van der Waals surface area (Å²) in [5.74, 6) is 2.35. The molecule has 0 fully saturated rings. The van der Waals surface area contributed by atoms with Gasteiger partial charge in [-0.1, -0.05) is 50.3 Å². The molecule has 0 saturated carbocycles. The number of aryl methyl sites for hydroxylation is 4. The lowest BCUT2D eigenvalue weighted by Gasteiger charge is -2.27. The molecule has 0 N–H and O–H groups in total. The highest BCUT2D eigenvalue weighted by Crippen LogP contribution is 2.40. The minimum Gasteiger partial charge on any atom is -0.497 e. The highest BCUT2D eigenvalue weighted by molar-refractivity contribution is 14.1. The summed E-state index contributed by atoms with van der Waals surface area (Å²) in [5.41, 5.74) is 8.65. The van der Waals surface area contributed by atoms with E-state index in [1.54, 1.807) is 14.2 Å². The van der Waals surface area contributed by atoms with Crippen molar-refractivity contribution in [1.82, 2.24) is 0 Å². The van der Waals surface area contributed by atoms with E-state index < -0.39 is 0 Å². The highest BCUT2D eigenvalue weighted by atomic mass is 127. The topological polar surface area (TPSA) is 18.5 Å². The third kappa shape index (κ3) is 4.61. The Kier molecular flexibility index (Phi) is 8.46. The van der Waals surface area contributed by atoms with Crippen LogP contribution in [0.3, 0.4) is 0 Å². The van der Waals surface area contributed by atoms with E-state index in [-0.39, 0.29) is 0 Å². The van der Waals surface area contributed by atoms with Gasteiger partial charge in [-0.2, -0.15) is 0 Å². The molecular weight excluding hydrogens is 447 g/mol. The first-order valence-electron chi connectivity index (χ1n) is 10.0. The minimum atomic E-state index is 0.400. The summed E-state index contributed by atoms with van der Waals surface area (Å²) in [6.07, 6.45) is 4.08. The predicted octanol–water partition coefficient (Wildman–Crippen LogP) is 6.52. The van der Waals surface area contributed by atoms with Crippen LogP contribution in [0.15, 0.2) is 24.3 Å². The van der Waals surface area contributed by atoms with Crippen molar-refractivity contribution < 1.29 is 9.47 Å². The second-order valence-electron chi connectivity index (χ2n) is 6.84. The van der Waals surface area contributed by atoms with Crippen molar-refractivity contribution in [3.63, 3.8) is 0 Å². The van der Waals surface area contributed by atoms with Gasteiger partial charge in [0.1, 0.15) is 11.5 Å². The van der Waals surface area contributed by atoms with Gasteiger partial charge in [0.05, 0.1) is 14.2 Å². The molecule has 27 heavy (non-hydrogen) atoms. The predicted molar refractivity (Wildman–Crippen MR) is 124 cm³/mol. The van der Waals surface area contributed by atoms with Gasteiger partial charge in [-0.25, -0.2) is 0 Å². The van der Waals surface area contributed by atoms with Crippen LogP contribution in [0.1, 0.15) is 67.0 Å². The van der Waals surface area contributed by atoms with Crippen LogP contribution in [0.4, 0.5) is 0 Å². The van der Waals surface area contributed by atoms with E-state index in [0.717, 1.165) is 41.6 Å². The van der Waals surface area contributed by atoms with Gasteiger partial charge in [-0.3, -0.25) is 0 Å². The fraction of sp³-hybridized carbons (Fsp3) is 0.500. The van der Waals surface area contributed by atoms with Gasteiger partial charge < -0.3 is 9.47 Å². The molecular formula is C24H33IO2. The molecule has 0 aliphatic rings. The van der Waals surface area contributed by atoms with Crippen LogP contribution < -0.4 is 9.47 Å². The van der Waals surface area contributed by atoms with Crippen LogP contribution in [0, 0.1) is 0 Å². The Morgan fingerprint density at radius 1 is 0.667 bits per heavy atom. The van der Waals surface area contributed by atoms with Gasteiger partial charge in [-0.05, 0) is 83.3 Å². The number of halogens is 1. The molecule has 2 nitrogen and oxygen atoms in total. The lowest BCUT2D eigenvalue weighted by Crippen LogP contribution is -2.14. The van der Waals surface area contributed by atoms with Gasteiger partial charge in [0.25, 0.3) is 0 Å². The number of methoxy groups -OCH3 is 2. The molecule has 0 spiro atoms. The Morgan fingerprint density at radius 2 is 0.963 bits per heavy atom. The molecule has 0 bridgehead atoms. The smallest absolute Gasteiger partial charge is 0.119 e. The molecule has 0 saturated heterocycles. The molecule has 2 rings (SSSR count). The van der Waals surface area contributed by atoms with Crippen molar-refractivity contribution in [2.75, 3.05) is 18.6 Å². The number of benzene rings is 2. The largest absolute Gasteiger partial charge is 0.497 e. The highest BCUT2D eigenvalue weighted by Gasteiger charge is 2.25. The molecule has 0 heterocycles. The Balaban J connectivity index is 2.78. The van der Waals surface area contributed by atoms with Crippen molar-refractivity contribution in [3.05, 3.63) is 57.6 Å². The summed E-state index contributed by atoms with van der Waals surface area (Å²) in [6, 6.07) is 8.92. The minimum absolute atomic E-state index is 0.400. The van der Waals surface area contributed by atoms with Crippen LogP contribution in [0.2, 0.25) is 0 Å². The Labute approximate surface area is 178 Å². The monoisotopic (exact) mass is 480 g/mol. The molecule has 0 aromatic heterocycles. The van der Waals surface area contributed by atoms with Crippen LogP contribution in [-0.2, 0) is 25.7 Å². The lowest BCUT2D eigenvalue weighted by molar-refractivity contribution is 0.413. The van der Waals surface area contributed by atoms with Gasteiger partial charge in [0.15, 0.2) is 0 Å². The molecule has 2 aromatic carbocycles.